The third-order valence-corrected chi connectivity index (χ3v) is 3.21. The highest BCUT2D eigenvalue weighted by molar-refractivity contribution is 5.56. The van der Waals surface area contributed by atoms with Gasteiger partial charge in [0.1, 0.15) is 0 Å². The highest BCUT2D eigenvalue weighted by Gasteiger charge is 2.06. The molecule has 0 radical (unpaired) electrons. The Bertz CT molecular complexity index is 543. The Kier molecular flexibility index (Phi) is 3.83. The number of aryl methyl sites for hydroxylation is 1. The molecular formula is C17H19N. The molecule has 0 spiro atoms. The van der Waals surface area contributed by atoms with Crippen LogP contribution >= 0.6 is 0 Å². The summed E-state index contributed by atoms with van der Waals surface area (Å²) < 4.78 is 0. The van der Waals surface area contributed by atoms with Gasteiger partial charge in [0, 0.05) is 19.3 Å². The van der Waals surface area contributed by atoms with E-state index in [1.807, 2.05) is 12.1 Å². The molecule has 0 fully saturated rings. The first kappa shape index (κ1) is 12.4. The molecule has 0 heterocycles. The van der Waals surface area contributed by atoms with E-state index in [4.69, 9.17) is 0 Å². The van der Waals surface area contributed by atoms with Gasteiger partial charge in [-0.25, -0.2) is 0 Å². The molecule has 1 heteroatoms. The average Bonchev–Trinajstić information content (AvgIpc) is 2.39. The zero-order chi connectivity index (χ0) is 13.0. The summed E-state index contributed by atoms with van der Waals surface area (Å²) in [5.74, 6) is 0. The second-order valence-electron chi connectivity index (χ2n) is 4.55. The summed E-state index contributed by atoms with van der Waals surface area (Å²) >= 11 is 0. The van der Waals surface area contributed by atoms with Gasteiger partial charge < -0.3 is 4.90 Å². The summed E-state index contributed by atoms with van der Waals surface area (Å²) in [5, 5.41) is 0. The van der Waals surface area contributed by atoms with Crippen LogP contribution in [-0.2, 0) is 6.54 Å². The van der Waals surface area contributed by atoms with Crippen molar-refractivity contribution in [3.05, 3.63) is 71.8 Å². The van der Waals surface area contributed by atoms with Crippen molar-refractivity contribution in [3.63, 3.8) is 0 Å². The van der Waals surface area contributed by atoms with Crippen molar-refractivity contribution in [2.24, 2.45) is 0 Å². The fourth-order valence-corrected chi connectivity index (χ4v) is 2.21. The van der Waals surface area contributed by atoms with Crippen LogP contribution in [0.3, 0.4) is 0 Å². The van der Waals surface area contributed by atoms with E-state index < -0.39 is 0 Å². The lowest BCUT2D eigenvalue weighted by atomic mass is 10.1. The summed E-state index contributed by atoms with van der Waals surface area (Å²) in [6.45, 7) is 6.91. The fourth-order valence-electron chi connectivity index (χ4n) is 2.21. The summed E-state index contributed by atoms with van der Waals surface area (Å²) in [6, 6.07) is 16.8. The zero-order valence-electron chi connectivity index (χ0n) is 11.1. The molecule has 18 heavy (non-hydrogen) atoms. The van der Waals surface area contributed by atoms with Gasteiger partial charge in [-0.05, 0) is 29.7 Å². The van der Waals surface area contributed by atoms with E-state index in [0.717, 1.165) is 6.54 Å². The van der Waals surface area contributed by atoms with E-state index in [-0.39, 0.29) is 0 Å². The lowest BCUT2D eigenvalue weighted by Crippen LogP contribution is -2.17. The monoisotopic (exact) mass is 237 g/mol. The van der Waals surface area contributed by atoms with Crippen LogP contribution in [0.1, 0.15) is 16.7 Å². The number of anilines is 1. The van der Waals surface area contributed by atoms with Crippen LogP contribution in [0.4, 0.5) is 5.69 Å². The van der Waals surface area contributed by atoms with Crippen LogP contribution in [0.2, 0.25) is 0 Å². The molecule has 0 saturated carbocycles. The maximum Gasteiger partial charge on any atom is 0.0432 e. The molecule has 0 bridgehead atoms. The van der Waals surface area contributed by atoms with Crippen LogP contribution < -0.4 is 4.90 Å². The normalized spacial score (nSPS) is 10.1. The molecule has 0 atom stereocenters. The topological polar surface area (TPSA) is 3.24 Å². The molecule has 0 saturated heterocycles. The summed E-state index contributed by atoms with van der Waals surface area (Å²) in [6.07, 6.45) is 1.92. The lowest BCUT2D eigenvalue weighted by Gasteiger charge is -2.22. The molecule has 2 aromatic rings. The van der Waals surface area contributed by atoms with Crippen LogP contribution in [-0.4, -0.2) is 7.05 Å². The molecule has 2 rings (SSSR count). The molecule has 0 aliphatic carbocycles. The van der Waals surface area contributed by atoms with Crippen molar-refractivity contribution >= 4 is 11.8 Å². The van der Waals surface area contributed by atoms with E-state index in [1.165, 1.54) is 22.4 Å². The first-order valence-corrected chi connectivity index (χ1v) is 6.19. The maximum absolute atomic E-state index is 3.87. The highest BCUT2D eigenvalue weighted by atomic mass is 15.1. The van der Waals surface area contributed by atoms with Gasteiger partial charge >= 0.3 is 0 Å². The standard InChI is InChI=1S/C17H19N/c1-4-15-10-6-7-11-16(15)13-18(3)17-12-8-5-9-14(17)2/h4-12H,1,13H2,2-3H3. The Morgan fingerprint density at radius 1 is 1.06 bits per heavy atom. The second kappa shape index (κ2) is 5.54. The molecule has 0 aromatic heterocycles. The first-order valence-electron chi connectivity index (χ1n) is 6.19. The van der Waals surface area contributed by atoms with Gasteiger partial charge in [0.15, 0.2) is 0 Å². The van der Waals surface area contributed by atoms with Crippen molar-refractivity contribution in [1.29, 1.82) is 0 Å². The van der Waals surface area contributed by atoms with Crippen molar-refractivity contribution in [3.8, 4) is 0 Å². The van der Waals surface area contributed by atoms with Gasteiger partial charge in [-0.2, -0.15) is 0 Å². The summed E-state index contributed by atoms with van der Waals surface area (Å²) in [4.78, 5) is 2.28. The third-order valence-electron chi connectivity index (χ3n) is 3.21. The Morgan fingerprint density at radius 3 is 2.44 bits per heavy atom. The minimum Gasteiger partial charge on any atom is -0.370 e. The number of rotatable bonds is 4. The predicted octanol–water partition coefficient (Wildman–Crippen LogP) is 4.27. The van der Waals surface area contributed by atoms with Gasteiger partial charge in [-0.1, -0.05) is 55.1 Å². The predicted molar refractivity (Wildman–Crippen MR) is 79.8 cm³/mol. The van der Waals surface area contributed by atoms with E-state index >= 15 is 0 Å². The number of para-hydroxylation sites is 1. The minimum absolute atomic E-state index is 0.896. The van der Waals surface area contributed by atoms with E-state index in [9.17, 15) is 0 Å². The third kappa shape index (κ3) is 2.62. The average molecular weight is 237 g/mol. The summed E-state index contributed by atoms with van der Waals surface area (Å²) in [7, 11) is 2.13. The Balaban J connectivity index is 2.24. The van der Waals surface area contributed by atoms with Gasteiger partial charge in [0.25, 0.3) is 0 Å². The molecular weight excluding hydrogens is 218 g/mol. The molecule has 0 aliphatic rings. The molecule has 2 aromatic carbocycles. The van der Waals surface area contributed by atoms with Gasteiger partial charge in [0.05, 0.1) is 0 Å². The largest absolute Gasteiger partial charge is 0.370 e. The Hall–Kier alpha value is -2.02. The Labute approximate surface area is 109 Å². The van der Waals surface area contributed by atoms with Gasteiger partial charge in [0.2, 0.25) is 0 Å². The molecule has 92 valence electrons. The van der Waals surface area contributed by atoms with E-state index in [2.05, 4.69) is 67.9 Å². The number of benzene rings is 2. The van der Waals surface area contributed by atoms with Crippen molar-refractivity contribution in [2.45, 2.75) is 13.5 Å². The SMILES string of the molecule is C=Cc1ccccc1CN(C)c1ccccc1C. The van der Waals surface area contributed by atoms with Crippen molar-refractivity contribution in [2.75, 3.05) is 11.9 Å². The summed E-state index contributed by atoms with van der Waals surface area (Å²) in [5.41, 5.74) is 5.09. The molecule has 0 amide bonds. The van der Waals surface area contributed by atoms with Crippen molar-refractivity contribution in [1.82, 2.24) is 0 Å². The van der Waals surface area contributed by atoms with Crippen LogP contribution in [0.25, 0.3) is 6.08 Å². The molecule has 1 nitrogen and oxygen atoms in total. The van der Waals surface area contributed by atoms with Crippen LogP contribution in [0.15, 0.2) is 55.1 Å². The minimum atomic E-state index is 0.896. The number of nitrogens with zero attached hydrogens (tertiary/aromatic N) is 1. The lowest BCUT2D eigenvalue weighted by molar-refractivity contribution is 0.915. The zero-order valence-corrected chi connectivity index (χ0v) is 11.1. The Morgan fingerprint density at radius 2 is 1.72 bits per heavy atom. The maximum atomic E-state index is 3.87. The van der Waals surface area contributed by atoms with Crippen molar-refractivity contribution < 1.29 is 0 Å². The van der Waals surface area contributed by atoms with E-state index in [0.29, 0.717) is 0 Å². The second-order valence-corrected chi connectivity index (χ2v) is 4.55. The number of hydrogen-bond donors (Lipinski definition) is 0. The quantitative estimate of drug-likeness (QED) is 0.767. The fraction of sp³-hybridized carbons (Fsp3) is 0.176. The van der Waals surface area contributed by atoms with Crippen LogP contribution in [0, 0.1) is 6.92 Å². The van der Waals surface area contributed by atoms with Gasteiger partial charge in [-0.3, -0.25) is 0 Å². The molecule has 0 N–H and O–H groups in total. The highest BCUT2D eigenvalue weighted by Crippen LogP contribution is 2.21. The number of hydrogen-bond acceptors (Lipinski definition) is 1. The molecule has 0 aliphatic heterocycles. The smallest absolute Gasteiger partial charge is 0.0432 e. The van der Waals surface area contributed by atoms with E-state index in [1.54, 1.807) is 0 Å². The first-order chi connectivity index (χ1) is 8.72. The van der Waals surface area contributed by atoms with Crippen LogP contribution in [0.5, 0.6) is 0 Å². The molecule has 0 unspecified atom stereocenters. The van der Waals surface area contributed by atoms with Gasteiger partial charge in [-0.15, -0.1) is 0 Å².